The minimum absolute atomic E-state index is 0.0401. The molecule has 0 radical (unpaired) electrons. The van der Waals surface area contributed by atoms with Gasteiger partial charge in [0.1, 0.15) is 0 Å². The molecule has 1 heteroatoms. The first kappa shape index (κ1) is 49.3. The van der Waals surface area contributed by atoms with Crippen molar-refractivity contribution in [3.8, 4) is 66.8 Å². The normalized spacial score (nSPS) is 16.2. The van der Waals surface area contributed by atoms with Gasteiger partial charge in [0, 0.05) is 27.9 Å². The highest BCUT2D eigenvalue weighted by atomic mass is 15.1. The molecule has 392 valence electrons. The lowest BCUT2D eigenvalue weighted by atomic mass is 9.68. The molecule has 0 saturated heterocycles. The molecule has 4 aliphatic carbocycles. The van der Waals surface area contributed by atoms with E-state index < -0.39 is 5.41 Å². The maximum atomic E-state index is 2.56. The van der Waals surface area contributed by atoms with Gasteiger partial charge in [-0.05, 0) is 188 Å². The summed E-state index contributed by atoms with van der Waals surface area (Å²) in [5.41, 5.74) is 32.6. The average molecular weight is 1040 g/mol. The van der Waals surface area contributed by atoms with Crippen LogP contribution in [-0.4, -0.2) is 0 Å². The number of nitrogens with zero attached hydrogens (tertiary/aromatic N) is 1. The van der Waals surface area contributed by atoms with Crippen LogP contribution in [0.3, 0.4) is 0 Å². The van der Waals surface area contributed by atoms with Crippen LogP contribution in [0, 0.1) is 0 Å². The largest absolute Gasteiger partial charge is 0.310 e. The van der Waals surface area contributed by atoms with Crippen molar-refractivity contribution in [2.45, 2.75) is 89.4 Å². The summed E-state index contributed by atoms with van der Waals surface area (Å²) in [6.07, 6.45) is 0. The molecule has 0 saturated carbocycles. The molecular weight excluding hydrogens is 975 g/mol. The Labute approximate surface area is 479 Å². The fraction of sp³-hybridized carbons (Fsp3) is 0.175. The van der Waals surface area contributed by atoms with Crippen molar-refractivity contribution in [3.05, 3.63) is 304 Å². The van der Waals surface area contributed by atoms with Crippen LogP contribution >= 0.6 is 0 Å². The molecular formula is C80H67N. The van der Waals surface area contributed by atoms with Gasteiger partial charge >= 0.3 is 0 Å². The first-order valence-corrected chi connectivity index (χ1v) is 29.2. The van der Waals surface area contributed by atoms with Crippen LogP contribution in [-0.2, 0) is 27.1 Å². The minimum Gasteiger partial charge on any atom is -0.310 e. The molecule has 0 aliphatic heterocycles. The lowest BCUT2D eigenvalue weighted by molar-refractivity contribution is 0.586. The lowest BCUT2D eigenvalue weighted by Gasteiger charge is -2.34. The molecule has 1 atom stereocenters. The number of hydrogen-bond acceptors (Lipinski definition) is 1. The highest BCUT2D eigenvalue weighted by Gasteiger charge is 2.53. The summed E-state index contributed by atoms with van der Waals surface area (Å²) >= 11 is 0. The Morgan fingerprint density at radius 3 is 1.40 bits per heavy atom. The quantitative estimate of drug-likeness (QED) is 0.160. The van der Waals surface area contributed by atoms with E-state index in [4.69, 9.17) is 0 Å². The predicted molar refractivity (Wildman–Crippen MR) is 341 cm³/mol. The Bertz CT molecular complexity index is 4340. The maximum Gasteiger partial charge on any atom is 0.0726 e. The molecule has 0 aromatic heterocycles. The third-order valence-electron chi connectivity index (χ3n) is 19.3. The Morgan fingerprint density at radius 1 is 0.284 bits per heavy atom. The van der Waals surface area contributed by atoms with Crippen molar-refractivity contribution in [3.63, 3.8) is 0 Å². The SMILES string of the molecule is CC(C)(C)c1ccc2c(c1)C1(c3ccccc3-c3ccc(N(c4ccc(-c5ccc6c(c5)C(C)(c5ccccc5)c5ccccc5-6)cc4)c4cccc(-c5cccc6c5C(C)(C)c5ccccc5-6)c4)cc31)c1cc(C(C)(C)C)ccc1-2. The Balaban J connectivity index is 0.934. The molecule has 15 rings (SSSR count). The topological polar surface area (TPSA) is 3.24 Å². The molecule has 11 aromatic carbocycles. The number of fused-ring (bicyclic) bond motifs is 16. The van der Waals surface area contributed by atoms with E-state index in [1.807, 2.05) is 0 Å². The number of hydrogen-bond donors (Lipinski definition) is 0. The van der Waals surface area contributed by atoms with Gasteiger partial charge in [-0.15, -0.1) is 0 Å². The molecule has 0 amide bonds. The van der Waals surface area contributed by atoms with E-state index >= 15 is 0 Å². The van der Waals surface area contributed by atoms with Crippen LogP contribution in [0.25, 0.3) is 66.8 Å². The molecule has 0 bridgehead atoms. The van der Waals surface area contributed by atoms with Gasteiger partial charge in [-0.3, -0.25) is 0 Å². The predicted octanol–water partition coefficient (Wildman–Crippen LogP) is 21.1. The smallest absolute Gasteiger partial charge is 0.0726 e. The van der Waals surface area contributed by atoms with E-state index in [-0.39, 0.29) is 21.7 Å². The van der Waals surface area contributed by atoms with Gasteiger partial charge in [-0.25, -0.2) is 0 Å². The summed E-state index contributed by atoms with van der Waals surface area (Å²) in [5, 5.41) is 0. The van der Waals surface area contributed by atoms with Crippen LogP contribution < -0.4 is 4.90 Å². The van der Waals surface area contributed by atoms with Gasteiger partial charge in [0.2, 0.25) is 0 Å². The first-order chi connectivity index (χ1) is 39.1. The van der Waals surface area contributed by atoms with Crippen LogP contribution in [0.5, 0.6) is 0 Å². The van der Waals surface area contributed by atoms with E-state index in [9.17, 15) is 0 Å². The third-order valence-corrected chi connectivity index (χ3v) is 19.3. The van der Waals surface area contributed by atoms with E-state index in [1.165, 1.54) is 128 Å². The van der Waals surface area contributed by atoms with E-state index in [2.05, 4.69) is 310 Å². The van der Waals surface area contributed by atoms with Gasteiger partial charge in [0.15, 0.2) is 0 Å². The summed E-state index contributed by atoms with van der Waals surface area (Å²) in [6.45, 7) is 21.3. The van der Waals surface area contributed by atoms with Crippen molar-refractivity contribution in [2.75, 3.05) is 4.90 Å². The van der Waals surface area contributed by atoms with E-state index in [0.29, 0.717) is 0 Å². The zero-order chi connectivity index (χ0) is 55.4. The summed E-state index contributed by atoms with van der Waals surface area (Å²) in [5.74, 6) is 0. The van der Waals surface area contributed by atoms with Gasteiger partial charge < -0.3 is 4.90 Å². The van der Waals surface area contributed by atoms with Gasteiger partial charge in [-0.1, -0.05) is 256 Å². The number of rotatable bonds is 6. The summed E-state index contributed by atoms with van der Waals surface area (Å²) in [7, 11) is 0. The number of anilines is 3. The van der Waals surface area contributed by atoms with Crippen LogP contribution in [0.4, 0.5) is 17.1 Å². The fourth-order valence-corrected chi connectivity index (χ4v) is 15.1. The molecule has 11 aromatic rings. The monoisotopic (exact) mass is 1040 g/mol. The molecule has 4 aliphatic rings. The molecule has 1 unspecified atom stereocenters. The summed E-state index contributed by atoms with van der Waals surface area (Å²) in [6, 6.07) is 93.1. The van der Waals surface area contributed by atoms with E-state index in [1.54, 1.807) is 0 Å². The highest BCUT2D eigenvalue weighted by molar-refractivity contribution is 5.98. The van der Waals surface area contributed by atoms with Crippen molar-refractivity contribution in [1.82, 2.24) is 0 Å². The Hall–Kier alpha value is -8.78. The van der Waals surface area contributed by atoms with Crippen LogP contribution in [0.15, 0.2) is 243 Å². The lowest BCUT2D eigenvalue weighted by Crippen LogP contribution is -2.27. The van der Waals surface area contributed by atoms with Gasteiger partial charge in [0.25, 0.3) is 0 Å². The highest BCUT2D eigenvalue weighted by Crippen LogP contribution is 2.65. The molecule has 0 heterocycles. The van der Waals surface area contributed by atoms with Crippen LogP contribution in [0.2, 0.25) is 0 Å². The fourth-order valence-electron chi connectivity index (χ4n) is 15.1. The molecule has 0 N–H and O–H groups in total. The second-order valence-corrected chi connectivity index (χ2v) is 26.2. The standard InChI is InChI=1S/C80H67N/c1-76(2,3)54-36-42-64-65-43-37-55(77(4,5)6)48-73(65)80(72(64)47-54)70-32-18-15-26-61(70)66-44-40-58(49-74(66)80)81(57-24-19-21-52(45-57)59-28-20-29-67-62-27-13-16-30-68(62)78(7,8)75(59)67)56-38-33-50(34-39-56)51-35-41-63-60-25-14-17-31-69(60)79(9,71(63)46-51)53-22-11-10-12-23-53/h10-49H,1-9H3. The third kappa shape index (κ3) is 7.04. The summed E-state index contributed by atoms with van der Waals surface area (Å²) in [4.78, 5) is 2.52. The maximum absolute atomic E-state index is 2.56. The second-order valence-electron chi connectivity index (χ2n) is 26.2. The second kappa shape index (κ2) is 17.4. The van der Waals surface area contributed by atoms with Crippen molar-refractivity contribution in [2.24, 2.45) is 0 Å². The molecule has 0 fully saturated rings. The molecule has 81 heavy (non-hydrogen) atoms. The zero-order valence-corrected chi connectivity index (χ0v) is 48.0. The Morgan fingerprint density at radius 2 is 0.741 bits per heavy atom. The van der Waals surface area contributed by atoms with Crippen molar-refractivity contribution < 1.29 is 0 Å². The number of benzene rings is 11. The molecule has 1 nitrogen and oxygen atoms in total. The Kier molecular flexibility index (Phi) is 10.6. The average Bonchev–Trinajstić information content (AvgIpc) is 2.02. The minimum atomic E-state index is -0.543. The first-order valence-electron chi connectivity index (χ1n) is 29.2. The van der Waals surface area contributed by atoms with Crippen LogP contribution in [0.1, 0.15) is 124 Å². The van der Waals surface area contributed by atoms with Crippen molar-refractivity contribution in [1.29, 1.82) is 0 Å². The van der Waals surface area contributed by atoms with Crippen molar-refractivity contribution >= 4 is 17.1 Å². The van der Waals surface area contributed by atoms with Gasteiger partial charge in [-0.2, -0.15) is 0 Å². The summed E-state index contributed by atoms with van der Waals surface area (Å²) < 4.78 is 0. The van der Waals surface area contributed by atoms with Gasteiger partial charge in [0.05, 0.1) is 5.41 Å². The van der Waals surface area contributed by atoms with E-state index in [0.717, 1.165) is 17.1 Å². The molecule has 1 spiro atoms. The zero-order valence-electron chi connectivity index (χ0n) is 48.0.